The molecule has 100 valence electrons. The van der Waals surface area contributed by atoms with Crippen molar-refractivity contribution in [1.29, 1.82) is 0 Å². The lowest BCUT2D eigenvalue weighted by Crippen LogP contribution is -1.94. The second-order valence-electron chi connectivity index (χ2n) is 4.84. The average Bonchev–Trinajstić information content (AvgIpc) is 2.46. The standard InChI is InChI=1S/C17H20O2/c1-12(2)16-11-14(7-10-17(16)19-4)13-5-8-15(18-3)9-6-13/h5-12H,1-4H3. The summed E-state index contributed by atoms with van der Waals surface area (Å²) in [7, 11) is 3.40. The average molecular weight is 256 g/mol. The van der Waals surface area contributed by atoms with Crippen molar-refractivity contribution in [3.63, 3.8) is 0 Å². The maximum absolute atomic E-state index is 5.41. The summed E-state index contributed by atoms with van der Waals surface area (Å²) in [5.41, 5.74) is 3.62. The fourth-order valence-electron chi connectivity index (χ4n) is 2.15. The van der Waals surface area contributed by atoms with E-state index in [9.17, 15) is 0 Å². The molecule has 0 atom stereocenters. The van der Waals surface area contributed by atoms with E-state index in [-0.39, 0.29) is 0 Å². The van der Waals surface area contributed by atoms with Crippen molar-refractivity contribution < 1.29 is 9.47 Å². The topological polar surface area (TPSA) is 18.5 Å². The first-order valence-corrected chi connectivity index (χ1v) is 6.48. The van der Waals surface area contributed by atoms with Gasteiger partial charge in [0, 0.05) is 0 Å². The highest BCUT2D eigenvalue weighted by Gasteiger charge is 2.09. The lowest BCUT2D eigenvalue weighted by molar-refractivity contribution is 0.407. The van der Waals surface area contributed by atoms with Gasteiger partial charge >= 0.3 is 0 Å². The minimum atomic E-state index is 0.438. The van der Waals surface area contributed by atoms with Crippen molar-refractivity contribution in [2.75, 3.05) is 14.2 Å². The first kappa shape index (κ1) is 13.5. The van der Waals surface area contributed by atoms with Crippen LogP contribution in [0.2, 0.25) is 0 Å². The van der Waals surface area contributed by atoms with E-state index in [0.29, 0.717) is 5.92 Å². The Morgan fingerprint density at radius 3 is 1.95 bits per heavy atom. The number of ether oxygens (including phenoxy) is 2. The van der Waals surface area contributed by atoms with Gasteiger partial charge in [0.25, 0.3) is 0 Å². The Bertz CT molecular complexity index is 542. The molecule has 2 aromatic rings. The van der Waals surface area contributed by atoms with E-state index < -0.39 is 0 Å². The second kappa shape index (κ2) is 5.79. The second-order valence-corrected chi connectivity index (χ2v) is 4.84. The highest BCUT2D eigenvalue weighted by Crippen LogP contribution is 2.32. The van der Waals surface area contributed by atoms with Gasteiger partial charge in [-0.3, -0.25) is 0 Å². The van der Waals surface area contributed by atoms with Gasteiger partial charge in [0.2, 0.25) is 0 Å². The molecule has 0 bridgehead atoms. The molecule has 0 aliphatic heterocycles. The summed E-state index contributed by atoms with van der Waals surface area (Å²) in [5.74, 6) is 2.27. The Labute approximate surface area is 115 Å². The molecule has 0 saturated heterocycles. The predicted molar refractivity (Wildman–Crippen MR) is 79.1 cm³/mol. The highest BCUT2D eigenvalue weighted by molar-refractivity contribution is 5.66. The van der Waals surface area contributed by atoms with E-state index in [2.05, 4.69) is 38.1 Å². The molecule has 0 N–H and O–H groups in total. The zero-order valence-electron chi connectivity index (χ0n) is 11.9. The fraction of sp³-hybridized carbons (Fsp3) is 0.294. The first-order valence-electron chi connectivity index (χ1n) is 6.48. The van der Waals surface area contributed by atoms with E-state index in [4.69, 9.17) is 9.47 Å². The molecule has 0 heterocycles. The van der Waals surface area contributed by atoms with Crippen molar-refractivity contribution >= 4 is 0 Å². The van der Waals surface area contributed by atoms with Crippen LogP contribution in [-0.2, 0) is 0 Å². The van der Waals surface area contributed by atoms with Crippen molar-refractivity contribution in [3.8, 4) is 22.6 Å². The molecule has 0 amide bonds. The number of benzene rings is 2. The van der Waals surface area contributed by atoms with Crippen LogP contribution in [0.25, 0.3) is 11.1 Å². The smallest absolute Gasteiger partial charge is 0.122 e. The summed E-state index contributed by atoms with van der Waals surface area (Å²) >= 11 is 0. The van der Waals surface area contributed by atoms with Crippen molar-refractivity contribution in [2.45, 2.75) is 19.8 Å². The molecule has 19 heavy (non-hydrogen) atoms. The van der Waals surface area contributed by atoms with E-state index in [0.717, 1.165) is 11.5 Å². The van der Waals surface area contributed by atoms with Gasteiger partial charge in [-0.1, -0.05) is 32.0 Å². The molecule has 0 radical (unpaired) electrons. The predicted octanol–water partition coefficient (Wildman–Crippen LogP) is 4.49. The van der Waals surface area contributed by atoms with Gasteiger partial charge in [-0.15, -0.1) is 0 Å². The molecule has 0 saturated carbocycles. The molecule has 0 fully saturated rings. The van der Waals surface area contributed by atoms with Crippen molar-refractivity contribution in [2.24, 2.45) is 0 Å². The van der Waals surface area contributed by atoms with Crippen LogP contribution in [0.5, 0.6) is 11.5 Å². The van der Waals surface area contributed by atoms with E-state index in [1.165, 1.54) is 16.7 Å². The fourth-order valence-corrected chi connectivity index (χ4v) is 2.15. The van der Waals surface area contributed by atoms with Gasteiger partial charge in [0.15, 0.2) is 0 Å². The molecular weight excluding hydrogens is 236 g/mol. The highest BCUT2D eigenvalue weighted by atomic mass is 16.5. The van der Waals surface area contributed by atoms with Crippen LogP contribution in [0.3, 0.4) is 0 Å². The molecule has 2 aromatic carbocycles. The Morgan fingerprint density at radius 1 is 0.789 bits per heavy atom. The molecule has 0 spiro atoms. The molecule has 2 nitrogen and oxygen atoms in total. The summed E-state index contributed by atoms with van der Waals surface area (Å²) in [6.45, 7) is 4.35. The molecule has 0 aliphatic rings. The monoisotopic (exact) mass is 256 g/mol. The van der Waals surface area contributed by atoms with Crippen LogP contribution in [-0.4, -0.2) is 14.2 Å². The Kier molecular flexibility index (Phi) is 4.10. The normalized spacial score (nSPS) is 10.6. The Balaban J connectivity index is 2.41. The maximum atomic E-state index is 5.41. The lowest BCUT2D eigenvalue weighted by atomic mass is 9.96. The third kappa shape index (κ3) is 2.90. The number of hydrogen-bond acceptors (Lipinski definition) is 2. The van der Waals surface area contributed by atoms with Gasteiger partial charge in [-0.05, 0) is 46.9 Å². The summed E-state index contributed by atoms with van der Waals surface area (Å²) in [4.78, 5) is 0. The summed E-state index contributed by atoms with van der Waals surface area (Å²) in [6, 6.07) is 14.4. The van der Waals surface area contributed by atoms with Crippen LogP contribution in [0.1, 0.15) is 25.3 Å². The minimum Gasteiger partial charge on any atom is -0.497 e. The SMILES string of the molecule is COc1ccc(-c2ccc(OC)c(C(C)C)c2)cc1. The van der Waals surface area contributed by atoms with Crippen LogP contribution >= 0.6 is 0 Å². The maximum Gasteiger partial charge on any atom is 0.122 e. The van der Waals surface area contributed by atoms with Crippen LogP contribution in [0, 0.1) is 0 Å². The molecule has 2 rings (SSSR count). The van der Waals surface area contributed by atoms with Crippen LogP contribution in [0.4, 0.5) is 0 Å². The number of methoxy groups -OCH3 is 2. The summed E-state index contributed by atoms with van der Waals surface area (Å²) in [5, 5.41) is 0. The molecule has 0 aliphatic carbocycles. The number of rotatable bonds is 4. The summed E-state index contributed by atoms with van der Waals surface area (Å²) < 4.78 is 10.6. The lowest BCUT2D eigenvalue weighted by Gasteiger charge is -2.14. The van der Waals surface area contributed by atoms with Gasteiger partial charge < -0.3 is 9.47 Å². The van der Waals surface area contributed by atoms with E-state index in [1.807, 2.05) is 18.2 Å². The Morgan fingerprint density at radius 2 is 1.42 bits per heavy atom. The summed E-state index contributed by atoms with van der Waals surface area (Å²) in [6.07, 6.45) is 0. The molecule has 2 heteroatoms. The van der Waals surface area contributed by atoms with Crippen LogP contribution in [0.15, 0.2) is 42.5 Å². The van der Waals surface area contributed by atoms with Gasteiger partial charge in [0.1, 0.15) is 11.5 Å². The van der Waals surface area contributed by atoms with Crippen LogP contribution < -0.4 is 9.47 Å². The minimum absolute atomic E-state index is 0.438. The number of hydrogen-bond donors (Lipinski definition) is 0. The zero-order valence-corrected chi connectivity index (χ0v) is 11.9. The largest absolute Gasteiger partial charge is 0.497 e. The zero-order chi connectivity index (χ0) is 13.8. The first-order chi connectivity index (χ1) is 9.15. The third-order valence-corrected chi connectivity index (χ3v) is 3.28. The van der Waals surface area contributed by atoms with E-state index in [1.54, 1.807) is 14.2 Å². The van der Waals surface area contributed by atoms with Crippen molar-refractivity contribution in [3.05, 3.63) is 48.0 Å². The third-order valence-electron chi connectivity index (χ3n) is 3.28. The molecule has 0 unspecified atom stereocenters. The van der Waals surface area contributed by atoms with Gasteiger partial charge in [0.05, 0.1) is 14.2 Å². The van der Waals surface area contributed by atoms with Gasteiger partial charge in [-0.25, -0.2) is 0 Å². The van der Waals surface area contributed by atoms with Gasteiger partial charge in [-0.2, -0.15) is 0 Å². The quantitative estimate of drug-likeness (QED) is 0.802. The Hall–Kier alpha value is -1.96. The molecule has 0 aromatic heterocycles. The molecular formula is C17H20O2. The van der Waals surface area contributed by atoms with E-state index >= 15 is 0 Å². The van der Waals surface area contributed by atoms with Crippen molar-refractivity contribution in [1.82, 2.24) is 0 Å².